The molecule has 2 aromatic rings. The van der Waals surface area contributed by atoms with Gasteiger partial charge >= 0.3 is 5.92 Å². The SMILES string of the molecule is CCn1nccc1C(=O)N[C@H](C(=O)Cc1ccc([C@H](C)[C@@H](NC(=O)C(C)(F)F)C(=O)N2CCN(C)[C@H](C)C2)cc1F)C1CCC(C)CC1. The molecule has 0 spiro atoms. The highest BCUT2D eigenvalue weighted by Gasteiger charge is 2.40. The lowest BCUT2D eigenvalue weighted by Crippen LogP contribution is -2.59. The van der Waals surface area contributed by atoms with E-state index in [0.29, 0.717) is 50.3 Å². The Bertz CT molecular complexity index is 1470. The van der Waals surface area contributed by atoms with E-state index in [9.17, 15) is 28.0 Å². The molecule has 264 valence electrons. The third-order valence-corrected chi connectivity index (χ3v) is 10.1. The summed E-state index contributed by atoms with van der Waals surface area (Å²) in [6.45, 7) is 9.76. The van der Waals surface area contributed by atoms with Gasteiger partial charge in [0, 0.05) is 57.7 Å². The Hall–Kier alpha value is -3.74. The summed E-state index contributed by atoms with van der Waals surface area (Å²) in [4.78, 5) is 56.7. The van der Waals surface area contributed by atoms with Gasteiger partial charge in [-0.3, -0.25) is 23.9 Å². The van der Waals surface area contributed by atoms with Crippen molar-refractivity contribution in [1.29, 1.82) is 0 Å². The molecule has 48 heavy (non-hydrogen) atoms. The highest BCUT2D eigenvalue weighted by molar-refractivity contribution is 5.97. The van der Waals surface area contributed by atoms with E-state index in [4.69, 9.17) is 0 Å². The molecule has 1 aromatic heterocycles. The van der Waals surface area contributed by atoms with Crippen LogP contribution in [0.25, 0.3) is 0 Å². The number of Topliss-reactive ketones (excluding diaryl/α,β-unsaturated/α-hetero) is 1. The van der Waals surface area contributed by atoms with E-state index in [0.717, 1.165) is 25.7 Å². The van der Waals surface area contributed by atoms with Gasteiger partial charge in [0.25, 0.3) is 11.8 Å². The molecule has 1 saturated carbocycles. The van der Waals surface area contributed by atoms with Gasteiger partial charge in [-0.1, -0.05) is 38.8 Å². The standard InChI is InChI=1S/C35H49F3N6O4/c1-7-44-28(14-15-39-44)32(46)40-31(24-10-8-21(2)9-11-24)29(45)19-26-13-12-25(18-27(26)36)23(4)30(41-34(48)35(5,37)38)33(47)43-17-16-42(6)22(3)20-43/h12-15,18,21-24,30-31H,7-11,16-17,19-20H2,1-6H3,(H,40,46)(H,41,48)/t21?,22-,23+,24?,30-,31+/m1/s1. The third-order valence-electron chi connectivity index (χ3n) is 10.1. The third kappa shape index (κ3) is 8.83. The van der Waals surface area contributed by atoms with Gasteiger partial charge in [0.1, 0.15) is 17.6 Å². The first kappa shape index (κ1) is 37.1. The Kier molecular flexibility index (Phi) is 12.1. The summed E-state index contributed by atoms with van der Waals surface area (Å²) in [5, 5.41) is 9.30. The summed E-state index contributed by atoms with van der Waals surface area (Å²) in [6.07, 6.45) is 4.61. The van der Waals surface area contributed by atoms with Crippen molar-refractivity contribution < 1.29 is 32.3 Å². The van der Waals surface area contributed by atoms with Gasteiger partial charge in [0.15, 0.2) is 5.78 Å². The van der Waals surface area contributed by atoms with E-state index in [-0.39, 0.29) is 29.7 Å². The van der Waals surface area contributed by atoms with Gasteiger partial charge in [0.05, 0.1) is 6.04 Å². The van der Waals surface area contributed by atoms with Gasteiger partial charge in [-0.2, -0.15) is 13.9 Å². The molecule has 1 aromatic carbocycles. The first-order chi connectivity index (χ1) is 22.6. The summed E-state index contributed by atoms with van der Waals surface area (Å²) < 4.78 is 45.2. The Labute approximate surface area is 280 Å². The number of hydrogen-bond donors (Lipinski definition) is 2. The van der Waals surface area contributed by atoms with Gasteiger partial charge in [-0.25, -0.2) is 4.39 Å². The minimum Gasteiger partial charge on any atom is -0.341 e. The Morgan fingerprint density at radius 1 is 1.04 bits per heavy atom. The molecule has 4 atom stereocenters. The lowest BCUT2D eigenvalue weighted by Gasteiger charge is -2.40. The van der Waals surface area contributed by atoms with Crippen LogP contribution in [-0.2, 0) is 27.3 Å². The normalized spacial score (nSPS) is 22.4. The predicted octanol–water partition coefficient (Wildman–Crippen LogP) is 4.18. The molecule has 10 nitrogen and oxygen atoms in total. The Morgan fingerprint density at radius 3 is 2.33 bits per heavy atom. The number of carbonyl (C=O) groups is 4. The maximum Gasteiger partial charge on any atom is 0.321 e. The molecule has 2 fully saturated rings. The summed E-state index contributed by atoms with van der Waals surface area (Å²) in [5.41, 5.74) is 0.757. The molecular formula is C35H49F3N6O4. The highest BCUT2D eigenvalue weighted by Crippen LogP contribution is 2.32. The van der Waals surface area contributed by atoms with E-state index in [1.54, 1.807) is 23.7 Å². The number of benzene rings is 1. The minimum absolute atomic E-state index is 0.0238. The fourth-order valence-electron chi connectivity index (χ4n) is 6.67. The van der Waals surface area contributed by atoms with Crippen molar-refractivity contribution in [3.8, 4) is 0 Å². The van der Waals surface area contributed by atoms with Crippen molar-refractivity contribution in [2.75, 3.05) is 26.7 Å². The number of likely N-dealkylation sites (N-methyl/N-ethyl adjacent to an activating group) is 1. The summed E-state index contributed by atoms with van der Waals surface area (Å²) >= 11 is 0. The van der Waals surface area contributed by atoms with Gasteiger partial charge in [-0.05, 0) is 68.8 Å². The first-order valence-electron chi connectivity index (χ1n) is 16.9. The molecular weight excluding hydrogens is 625 g/mol. The number of rotatable bonds is 12. The zero-order chi connectivity index (χ0) is 35.3. The van der Waals surface area contributed by atoms with Crippen LogP contribution in [0.15, 0.2) is 30.5 Å². The zero-order valence-corrected chi connectivity index (χ0v) is 28.8. The van der Waals surface area contributed by atoms with Crippen LogP contribution < -0.4 is 10.6 Å². The van der Waals surface area contributed by atoms with E-state index in [1.165, 1.54) is 23.2 Å². The number of hydrogen-bond acceptors (Lipinski definition) is 6. The monoisotopic (exact) mass is 674 g/mol. The van der Waals surface area contributed by atoms with Crippen LogP contribution in [-0.4, -0.2) is 93.8 Å². The van der Waals surface area contributed by atoms with E-state index in [1.807, 2.05) is 20.9 Å². The number of amides is 3. The van der Waals surface area contributed by atoms with E-state index >= 15 is 4.39 Å². The number of piperazine rings is 1. The second-order valence-electron chi connectivity index (χ2n) is 13.7. The number of carbonyl (C=O) groups excluding carboxylic acids is 4. The second-order valence-corrected chi connectivity index (χ2v) is 13.7. The van der Waals surface area contributed by atoms with E-state index in [2.05, 4.69) is 27.6 Å². The second kappa shape index (κ2) is 15.7. The summed E-state index contributed by atoms with van der Waals surface area (Å²) in [5.74, 6) is -7.72. The van der Waals surface area contributed by atoms with Crippen molar-refractivity contribution in [1.82, 2.24) is 30.2 Å². The topological polar surface area (TPSA) is 117 Å². The highest BCUT2D eigenvalue weighted by atomic mass is 19.3. The molecule has 2 aliphatic rings. The van der Waals surface area contributed by atoms with Crippen LogP contribution >= 0.6 is 0 Å². The van der Waals surface area contributed by atoms with Crippen LogP contribution in [0.3, 0.4) is 0 Å². The lowest BCUT2D eigenvalue weighted by molar-refractivity contribution is -0.148. The van der Waals surface area contributed by atoms with Gasteiger partial charge < -0.3 is 20.4 Å². The van der Waals surface area contributed by atoms with Crippen molar-refractivity contribution in [3.05, 3.63) is 53.1 Å². The number of ketones is 1. The fourth-order valence-corrected chi connectivity index (χ4v) is 6.67. The largest absolute Gasteiger partial charge is 0.341 e. The van der Waals surface area contributed by atoms with Crippen molar-refractivity contribution in [2.45, 2.75) is 103 Å². The number of halogens is 3. The minimum atomic E-state index is -3.72. The van der Waals surface area contributed by atoms with Crippen molar-refractivity contribution in [2.24, 2.45) is 11.8 Å². The predicted molar refractivity (Wildman–Crippen MR) is 175 cm³/mol. The number of nitrogens with one attached hydrogen (secondary N) is 2. The molecule has 2 N–H and O–H groups in total. The van der Waals surface area contributed by atoms with Crippen LogP contribution in [0.1, 0.15) is 87.8 Å². The molecule has 0 radical (unpaired) electrons. The molecule has 1 aliphatic carbocycles. The van der Waals surface area contributed by atoms with E-state index < -0.39 is 47.5 Å². The molecule has 1 saturated heterocycles. The molecule has 13 heteroatoms. The maximum atomic E-state index is 15.7. The average molecular weight is 675 g/mol. The summed E-state index contributed by atoms with van der Waals surface area (Å²) in [6, 6.07) is 3.62. The Balaban J connectivity index is 1.55. The zero-order valence-electron chi connectivity index (χ0n) is 28.8. The maximum absolute atomic E-state index is 15.7. The molecule has 3 amide bonds. The van der Waals surface area contributed by atoms with Gasteiger partial charge in [0.2, 0.25) is 5.91 Å². The van der Waals surface area contributed by atoms with Crippen LogP contribution in [0.2, 0.25) is 0 Å². The molecule has 0 bridgehead atoms. The average Bonchev–Trinajstić information content (AvgIpc) is 3.53. The quantitative estimate of drug-likeness (QED) is 0.349. The molecule has 2 heterocycles. The van der Waals surface area contributed by atoms with Crippen LogP contribution in [0.5, 0.6) is 0 Å². The number of aromatic nitrogens is 2. The number of aryl methyl sites for hydroxylation is 1. The molecule has 4 rings (SSSR count). The molecule has 0 unspecified atom stereocenters. The first-order valence-corrected chi connectivity index (χ1v) is 16.9. The van der Waals surface area contributed by atoms with Crippen molar-refractivity contribution in [3.63, 3.8) is 0 Å². The smallest absolute Gasteiger partial charge is 0.321 e. The van der Waals surface area contributed by atoms with Crippen LogP contribution in [0.4, 0.5) is 13.2 Å². The Morgan fingerprint density at radius 2 is 1.73 bits per heavy atom. The van der Waals surface area contributed by atoms with Crippen LogP contribution in [0, 0.1) is 17.7 Å². The lowest BCUT2D eigenvalue weighted by atomic mass is 9.77. The van der Waals surface area contributed by atoms with Gasteiger partial charge in [-0.15, -0.1) is 0 Å². The van der Waals surface area contributed by atoms with Crippen molar-refractivity contribution >= 4 is 23.5 Å². The number of alkyl halides is 2. The number of nitrogens with zero attached hydrogens (tertiary/aromatic N) is 4. The summed E-state index contributed by atoms with van der Waals surface area (Å²) in [7, 11) is 1.93. The fraction of sp³-hybridized carbons (Fsp3) is 0.629. The molecule has 1 aliphatic heterocycles.